The Morgan fingerprint density at radius 1 is 1.15 bits per heavy atom. The molecule has 0 unspecified atom stereocenters. The smallest absolute Gasteiger partial charge is 0.258 e. The van der Waals surface area contributed by atoms with Crippen molar-refractivity contribution in [1.29, 1.82) is 0 Å². The molecule has 0 radical (unpaired) electrons. The van der Waals surface area contributed by atoms with Gasteiger partial charge >= 0.3 is 0 Å². The van der Waals surface area contributed by atoms with E-state index in [1.165, 1.54) is 0 Å². The molecular weight excluding hydrogens is 332 g/mol. The molecule has 0 amide bonds. The van der Waals surface area contributed by atoms with Crippen LogP contribution in [0.5, 0.6) is 23.1 Å². The highest BCUT2D eigenvalue weighted by Gasteiger charge is 2.25. The van der Waals surface area contributed by atoms with E-state index in [4.69, 9.17) is 14.2 Å². The van der Waals surface area contributed by atoms with Crippen LogP contribution in [-0.2, 0) is 6.42 Å². The van der Waals surface area contributed by atoms with Crippen LogP contribution >= 0.6 is 0 Å². The van der Waals surface area contributed by atoms with Gasteiger partial charge in [0.15, 0.2) is 11.5 Å². The van der Waals surface area contributed by atoms with E-state index in [1.807, 2.05) is 49.4 Å². The summed E-state index contributed by atoms with van der Waals surface area (Å²) < 4.78 is 17.0. The summed E-state index contributed by atoms with van der Waals surface area (Å²) in [5.74, 6) is 2.60. The number of ether oxygens (including phenoxy) is 3. The highest BCUT2D eigenvalue weighted by atomic mass is 16.5. The summed E-state index contributed by atoms with van der Waals surface area (Å²) in [5, 5.41) is 0. The average molecular weight is 350 g/mol. The Hall–Kier alpha value is -3.28. The van der Waals surface area contributed by atoms with Gasteiger partial charge in [0, 0.05) is 12.0 Å². The summed E-state index contributed by atoms with van der Waals surface area (Å²) in [5.41, 5.74) is 1.89. The first-order valence-electron chi connectivity index (χ1n) is 8.40. The van der Waals surface area contributed by atoms with E-state index in [9.17, 15) is 4.79 Å². The first kappa shape index (κ1) is 16.2. The van der Waals surface area contributed by atoms with Crippen LogP contribution in [0.4, 0.5) is 0 Å². The predicted octanol–water partition coefficient (Wildman–Crippen LogP) is 3.54. The molecule has 1 aliphatic heterocycles. The molecule has 0 fully saturated rings. The third kappa shape index (κ3) is 2.69. The van der Waals surface area contributed by atoms with Gasteiger partial charge in [0.1, 0.15) is 11.6 Å². The van der Waals surface area contributed by atoms with Crippen molar-refractivity contribution in [2.45, 2.75) is 13.3 Å². The molecule has 4 rings (SSSR count). The molecule has 3 aromatic rings. The summed E-state index contributed by atoms with van der Waals surface area (Å²) in [6.07, 6.45) is 0.445. The summed E-state index contributed by atoms with van der Waals surface area (Å²) in [6, 6.07) is 13.0. The lowest BCUT2D eigenvalue weighted by atomic mass is 10.0. The zero-order valence-electron chi connectivity index (χ0n) is 14.5. The number of benzene rings is 2. The fourth-order valence-electron chi connectivity index (χ4n) is 3.06. The molecule has 1 N–H and O–H groups in total. The minimum atomic E-state index is -0.219. The summed E-state index contributed by atoms with van der Waals surface area (Å²) in [7, 11) is 1.58. The molecule has 0 saturated carbocycles. The topological polar surface area (TPSA) is 73.4 Å². The molecule has 2 aromatic carbocycles. The zero-order chi connectivity index (χ0) is 18.1. The Kier molecular flexibility index (Phi) is 4.08. The quantitative estimate of drug-likeness (QED) is 0.609. The number of hydrogen-bond acceptors (Lipinski definition) is 5. The molecule has 26 heavy (non-hydrogen) atoms. The molecule has 132 valence electrons. The maximum atomic E-state index is 12.6. The molecule has 0 spiro atoms. The number of nitrogens with zero attached hydrogens (tertiary/aromatic N) is 1. The molecule has 0 aliphatic carbocycles. The molecule has 0 saturated heterocycles. The molecule has 6 heteroatoms. The molecule has 0 bridgehead atoms. The van der Waals surface area contributed by atoms with Gasteiger partial charge in [-0.05, 0) is 25.1 Å². The van der Waals surface area contributed by atoms with E-state index in [0.717, 1.165) is 5.56 Å². The number of methoxy groups -OCH3 is 1. The van der Waals surface area contributed by atoms with Gasteiger partial charge in [0.05, 0.1) is 24.8 Å². The number of para-hydroxylation sites is 2. The van der Waals surface area contributed by atoms with Crippen LogP contribution in [0, 0.1) is 0 Å². The molecule has 6 nitrogen and oxygen atoms in total. The normalized spacial score (nSPS) is 11.9. The lowest BCUT2D eigenvalue weighted by Crippen LogP contribution is -2.20. The van der Waals surface area contributed by atoms with Crippen molar-refractivity contribution in [1.82, 2.24) is 9.97 Å². The predicted molar refractivity (Wildman–Crippen MR) is 97.3 cm³/mol. The average Bonchev–Trinajstić information content (AvgIpc) is 2.67. The number of aromatic nitrogens is 2. The van der Waals surface area contributed by atoms with Gasteiger partial charge in [-0.15, -0.1) is 0 Å². The van der Waals surface area contributed by atoms with Crippen LogP contribution in [-0.4, -0.2) is 23.7 Å². The highest BCUT2D eigenvalue weighted by Crippen LogP contribution is 2.41. The number of nitrogens with one attached hydrogen (secondary N) is 1. The van der Waals surface area contributed by atoms with Crippen LogP contribution in [0.15, 0.2) is 47.3 Å². The third-order valence-electron chi connectivity index (χ3n) is 4.27. The summed E-state index contributed by atoms with van der Waals surface area (Å²) in [6.45, 7) is 2.45. The Morgan fingerprint density at radius 2 is 1.96 bits per heavy atom. The van der Waals surface area contributed by atoms with Crippen LogP contribution in [0.2, 0.25) is 0 Å². The van der Waals surface area contributed by atoms with Gasteiger partial charge < -0.3 is 19.2 Å². The van der Waals surface area contributed by atoms with Gasteiger partial charge in [-0.1, -0.05) is 24.3 Å². The zero-order valence-corrected chi connectivity index (χ0v) is 14.5. The maximum absolute atomic E-state index is 12.6. The second kappa shape index (κ2) is 6.55. The Bertz CT molecular complexity index is 1030. The number of hydrogen-bond donors (Lipinski definition) is 1. The molecule has 1 aliphatic rings. The molecule has 1 aromatic heterocycles. The van der Waals surface area contributed by atoms with E-state index < -0.39 is 0 Å². The van der Waals surface area contributed by atoms with Gasteiger partial charge in [0.25, 0.3) is 5.56 Å². The van der Waals surface area contributed by atoms with E-state index in [2.05, 4.69) is 9.97 Å². The van der Waals surface area contributed by atoms with Crippen molar-refractivity contribution in [3.8, 4) is 34.5 Å². The van der Waals surface area contributed by atoms with Crippen molar-refractivity contribution < 1.29 is 14.2 Å². The molecule has 0 atom stereocenters. The van der Waals surface area contributed by atoms with Crippen molar-refractivity contribution in [3.63, 3.8) is 0 Å². The van der Waals surface area contributed by atoms with Crippen LogP contribution in [0.25, 0.3) is 11.4 Å². The van der Waals surface area contributed by atoms with Gasteiger partial charge in [-0.25, -0.2) is 0 Å². The van der Waals surface area contributed by atoms with Gasteiger partial charge in [-0.3, -0.25) is 4.79 Å². The standard InChI is InChI=1S/C20H18N2O4/c1-3-25-16-10-6-7-12-11-14-19(23)21-18(22-20(14)26-17(12)16)13-8-4-5-9-15(13)24-2/h4-10H,3,11H2,1-2H3,(H,21,22,23). The monoisotopic (exact) mass is 350 g/mol. The second-order valence-electron chi connectivity index (χ2n) is 5.85. The number of fused-ring (bicyclic) bond motifs is 2. The first-order chi connectivity index (χ1) is 12.7. The summed E-state index contributed by atoms with van der Waals surface area (Å²) >= 11 is 0. The number of H-pyrrole nitrogens is 1. The SMILES string of the molecule is CCOc1cccc2c1Oc1nc(-c3ccccc3OC)[nH]c(=O)c1C2. The lowest BCUT2D eigenvalue weighted by molar-refractivity contribution is 0.315. The lowest BCUT2D eigenvalue weighted by Gasteiger charge is -2.21. The molecular formula is C20H18N2O4. The fourth-order valence-corrected chi connectivity index (χ4v) is 3.06. The van der Waals surface area contributed by atoms with Gasteiger partial charge in [0.2, 0.25) is 5.88 Å². The minimum Gasteiger partial charge on any atom is -0.496 e. The largest absolute Gasteiger partial charge is 0.496 e. The first-order valence-corrected chi connectivity index (χ1v) is 8.40. The van der Waals surface area contributed by atoms with Gasteiger partial charge in [-0.2, -0.15) is 4.98 Å². The Balaban J connectivity index is 1.82. The van der Waals surface area contributed by atoms with Crippen molar-refractivity contribution >= 4 is 0 Å². The van der Waals surface area contributed by atoms with Crippen LogP contribution in [0.3, 0.4) is 0 Å². The second-order valence-corrected chi connectivity index (χ2v) is 5.85. The van der Waals surface area contributed by atoms with E-state index >= 15 is 0 Å². The number of rotatable bonds is 4. The van der Waals surface area contributed by atoms with Crippen LogP contribution in [0.1, 0.15) is 18.1 Å². The minimum absolute atomic E-state index is 0.219. The van der Waals surface area contributed by atoms with E-state index in [1.54, 1.807) is 7.11 Å². The van der Waals surface area contributed by atoms with Crippen molar-refractivity contribution in [2.75, 3.05) is 13.7 Å². The number of aromatic amines is 1. The third-order valence-corrected chi connectivity index (χ3v) is 4.27. The summed E-state index contributed by atoms with van der Waals surface area (Å²) in [4.78, 5) is 20.0. The van der Waals surface area contributed by atoms with E-state index in [-0.39, 0.29) is 5.56 Å². The fraction of sp³-hybridized carbons (Fsp3) is 0.200. The highest BCUT2D eigenvalue weighted by molar-refractivity contribution is 5.65. The molecule has 2 heterocycles. The van der Waals surface area contributed by atoms with Crippen molar-refractivity contribution in [3.05, 3.63) is 63.9 Å². The Labute approximate surface area is 150 Å². The Morgan fingerprint density at radius 3 is 2.77 bits per heavy atom. The van der Waals surface area contributed by atoms with E-state index in [0.29, 0.717) is 53.1 Å². The van der Waals surface area contributed by atoms with Crippen molar-refractivity contribution in [2.24, 2.45) is 0 Å². The maximum Gasteiger partial charge on any atom is 0.258 e. The van der Waals surface area contributed by atoms with Crippen LogP contribution < -0.4 is 19.8 Å².